The van der Waals surface area contributed by atoms with Gasteiger partial charge in [-0.2, -0.15) is 13.2 Å². The topological polar surface area (TPSA) is 66.9 Å². The van der Waals surface area contributed by atoms with Crippen molar-refractivity contribution in [3.63, 3.8) is 0 Å². The number of carbonyl (C=O) groups excluding carboxylic acids is 1. The second-order valence-corrected chi connectivity index (χ2v) is 5.43. The number of para-hydroxylation sites is 1. The Morgan fingerprint density at radius 1 is 0.889 bits per heavy atom. The third kappa shape index (κ3) is 4.57. The van der Waals surface area contributed by atoms with Crippen molar-refractivity contribution in [2.45, 2.75) is 6.18 Å². The number of aromatic nitrogens is 2. The highest BCUT2D eigenvalue weighted by atomic mass is 19.4. The average Bonchev–Trinajstić information content (AvgIpc) is 2.64. The summed E-state index contributed by atoms with van der Waals surface area (Å²) in [6, 6.07) is 12.9. The smallest absolute Gasteiger partial charge is 0.339 e. The summed E-state index contributed by atoms with van der Waals surface area (Å²) < 4.78 is 51.8. The Hall–Kier alpha value is -3.49. The lowest BCUT2D eigenvalue weighted by atomic mass is 10.1. The van der Waals surface area contributed by atoms with E-state index in [4.69, 9.17) is 0 Å². The van der Waals surface area contributed by atoms with Crippen LogP contribution in [-0.4, -0.2) is 16.1 Å². The molecule has 0 radical (unpaired) electrons. The molecule has 0 aliphatic heterocycles. The van der Waals surface area contributed by atoms with Gasteiger partial charge in [-0.3, -0.25) is 4.79 Å². The van der Waals surface area contributed by atoms with Gasteiger partial charge in [-0.15, -0.1) is 10.2 Å². The van der Waals surface area contributed by atoms with Crippen LogP contribution in [0.25, 0.3) is 0 Å². The van der Waals surface area contributed by atoms with Gasteiger partial charge in [0.15, 0.2) is 11.5 Å². The van der Waals surface area contributed by atoms with Gasteiger partial charge < -0.3 is 10.6 Å². The Morgan fingerprint density at radius 3 is 2.22 bits per heavy atom. The van der Waals surface area contributed by atoms with Gasteiger partial charge in [0.25, 0.3) is 5.91 Å². The molecule has 0 atom stereocenters. The standard InChI is InChI=1S/C18H12F4N4O/c19-11-5-7-12(8-6-11)23-16-10-9-15(25-26-16)17(27)24-14-4-2-1-3-13(14)18(20,21)22/h1-10H,(H,23,26)(H,24,27). The van der Waals surface area contributed by atoms with Gasteiger partial charge in [0, 0.05) is 5.69 Å². The number of nitrogens with one attached hydrogen (secondary N) is 2. The quantitative estimate of drug-likeness (QED) is 0.652. The van der Waals surface area contributed by atoms with E-state index in [-0.39, 0.29) is 17.2 Å². The number of rotatable bonds is 4. The van der Waals surface area contributed by atoms with Gasteiger partial charge in [0.1, 0.15) is 5.82 Å². The third-order valence-electron chi connectivity index (χ3n) is 3.49. The molecule has 138 valence electrons. The van der Waals surface area contributed by atoms with Gasteiger partial charge in [-0.05, 0) is 48.5 Å². The molecule has 5 nitrogen and oxygen atoms in total. The number of carbonyl (C=O) groups is 1. The number of alkyl halides is 3. The molecule has 0 unspecified atom stereocenters. The number of hydrogen-bond donors (Lipinski definition) is 2. The number of anilines is 3. The maximum atomic E-state index is 13.0. The molecule has 0 saturated heterocycles. The van der Waals surface area contributed by atoms with Crippen molar-refractivity contribution in [3.8, 4) is 0 Å². The second-order valence-electron chi connectivity index (χ2n) is 5.43. The monoisotopic (exact) mass is 376 g/mol. The van der Waals surface area contributed by atoms with Crippen molar-refractivity contribution in [2.75, 3.05) is 10.6 Å². The van der Waals surface area contributed by atoms with Crippen LogP contribution in [0, 0.1) is 5.82 Å². The summed E-state index contributed by atoms with van der Waals surface area (Å²) in [4.78, 5) is 12.2. The van der Waals surface area contributed by atoms with Crippen molar-refractivity contribution in [3.05, 3.63) is 77.7 Å². The number of nitrogens with zero attached hydrogens (tertiary/aromatic N) is 2. The molecule has 0 aliphatic rings. The maximum absolute atomic E-state index is 13.0. The van der Waals surface area contributed by atoms with Crippen LogP contribution in [0.15, 0.2) is 60.7 Å². The minimum Gasteiger partial charge on any atom is -0.339 e. The molecule has 2 aromatic carbocycles. The molecule has 0 fully saturated rings. The summed E-state index contributed by atoms with van der Waals surface area (Å²) >= 11 is 0. The third-order valence-corrected chi connectivity index (χ3v) is 3.49. The fraction of sp³-hybridized carbons (Fsp3) is 0.0556. The molecule has 1 amide bonds. The van der Waals surface area contributed by atoms with Crippen molar-refractivity contribution >= 4 is 23.1 Å². The zero-order valence-corrected chi connectivity index (χ0v) is 13.6. The van der Waals surface area contributed by atoms with E-state index in [1.807, 2.05) is 0 Å². The zero-order valence-electron chi connectivity index (χ0n) is 13.6. The van der Waals surface area contributed by atoms with E-state index in [0.717, 1.165) is 12.1 Å². The number of halogens is 4. The first-order chi connectivity index (χ1) is 12.8. The number of benzene rings is 2. The van der Waals surface area contributed by atoms with E-state index in [0.29, 0.717) is 5.69 Å². The summed E-state index contributed by atoms with van der Waals surface area (Å²) in [5.41, 5.74) is -0.926. The molecule has 3 rings (SSSR count). The van der Waals surface area contributed by atoms with Crippen LogP contribution >= 0.6 is 0 Å². The summed E-state index contributed by atoms with van der Waals surface area (Å²) in [5, 5.41) is 12.5. The lowest BCUT2D eigenvalue weighted by Gasteiger charge is -2.13. The molecule has 2 N–H and O–H groups in total. The normalized spacial score (nSPS) is 11.1. The lowest BCUT2D eigenvalue weighted by Crippen LogP contribution is -2.18. The highest BCUT2D eigenvalue weighted by Crippen LogP contribution is 2.34. The molecule has 0 spiro atoms. The molecule has 1 heterocycles. The van der Waals surface area contributed by atoms with Crippen molar-refractivity contribution in [1.82, 2.24) is 10.2 Å². The van der Waals surface area contributed by atoms with Gasteiger partial charge in [-0.1, -0.05) is 12.1 Å². The van der Waals surface area contributed by atoms with Crippen LogP contribution in [0.3, 0.4) is 0 Å². The fourth-order valence-corrected chi connectivity index (χ4v) is 2.23. The summed E-state index contributed by atoms with van der Waals surface area (Å²) in [5.74, 6) is -0.931. The molecule has 0 saturated carbocycles. The Morgan fingerprint density at radius 2 is 1.59 bits per heavy atom. The van der Waals surface area contributed by atoms with E-state index in [1.54, 1.807) is 0 Å². The molecule has 0 bridgehead atoms. The predicted octanol–water partition coefficient (Wildman–Crippen LogP) is 4.63. The first-order valence-corrected chi connectivity index (χ1v) is 7.67. The van der Waals surface area contributed by atoms with Crippen LogP contribution in [0.5, 0.6) is 0 Å². The fourth-order valence-electron chi connectivity index (χ4n) is 2.23. The van der Waals surface area contributed by atoms with E-state index < -0.39 is 23.5 Å². The minimum absolute atomic E-state index is 0.156. The largest absolute Gasteiger partial charge is 0.418 e. The van der Waals surface area contributed by atoms with Gasteiger partial charge in [-0.25, -0.2) is 4.39 Å². The predicted molar refractivity (Wildman–Crippen MR) is 91.1 cm³/mol. The Labute approximate surface area is 151 Å². The highest BCUT2D eigenvalue weighted by molar-refractivity contribution is 6.03. The molecule has 3 aromatic rings. The van der Waals surface area contributed by atoms with E-state index in [9.17, 15) is 22.4 Å². The van der Waals surface area contributed by atoms with Gasteiger partial charge in [0.2, 0.25) is 0 Å². The van der Waals surface area contributed by atoms with Crippen LogP contribution < -0.4 is 10.6 Å². The van der Waals surface area contributed by atoms with E-state index in [1.165, 1.54) is 48.5 Å². The van der Waals surface area contributed by atoms with Crippen LogP contribution in [0.4, 0.5) is 34.8 Å². The SMILES string of the molecule is O=C(Nc1ccccc1C(F)(F)F)c1ccc(Nc2ccc(F)cc2)nn1. The highest BCUT2D eigenvalue weighted by Gasteiger charge is 2.33. The van der Waals surface area contributed by atoms with Crippen molar-refractivity contribution in [1.29, 1.82) is 0 Å². The summed E-state index contributed by atoms with van der Waals surface area (Å²) in [6.07, 6.45) is -4.60. The maximum Gasteiger partial charge on any atom is 0.418 e. The van der Waals surface area contributed by atoms with Crippen LogP contribution in [-0.2, 0) is 6.18 Å². The number of hydrogen-bond acceptors (Lipinski definition) is 4. The lowest BCUT2D eigenvalue weighted by molar-refractivity contribution is -0.136. The molecule has 9 heteroatoms. The van der Waals surface area contributed by atoms with Crippen LogP contribution in [0.1, 0.15) is 16.1 Å². The van der Waals surface area contributed by atoms with Crippen molar-refractivity contribution in [2.24, 2.45) is 0 Å². The second kappa shape index (κ2) is 7.40. The number of amides is 1. The summed E-state index contributed by atoms with van der Waals surface area (Å²) in [7, 11) is 0. The average molecular weight is 376 g/mol. The molecular formula is C18H12F4N4O. The first-order valence-electron chi connectivity index (χ1n) is 7.67. The minimum atomic E-state index is -4.60. The van der Waals surface area contributed by atoms with Gasteiger partial charge >= 0.3 is 6.18 Å². The molecule has 27 heavy (non-hydrogen) atoms. The molecular weight excluding hydrogens is 364 g/mol. The molecule has 1 aromatic heterocycles. The Bertz CT molecular complexity index is 941. The Kier molecular flexibility index (Phi) is 5.02. The van der Waals surface area contributed by atoms with E-state index in [2.05, 4.69) is 20.8 Å². The van der Waals surface area contributed by atoms with Crippen LogP contribution in [0.2, 0.25) is 0 Å². The van der Waals surface area contributed by atoms with E-state index >= 15 is 0 Å². The Balaban J connectivity index is 1.72. The summed E-state index contributed by atoms with van der Waals surface area (Å²) in [6.45, 7) is 0. The van der Waals surface area contributed by atoms with Gasteiger partial charge in [0.05, 0.1) is 11.3 Å². The molecule has 0 aliphatic carbocycles. The zero-order chi connectivity index (χ0) is 19.4. The first kappa shape index (κ1) is 18.3. The van der Waals surface area contributed by atoms with Crippen molar-refractivity contribution < 1.29 is 22.4 Å².